The lowest BCUT2D eigenvalue weighted by atomic mass is 10.1. The number of methoxy groups -OCH3 is 2. The Kier molecular flexibility index (Phi) is 9.68. The summed E-state index contributed by atoms with van der Waals surface area (Å²) in [4.78, 5) is 29.4. The lowest BCUT2D eigenvalue weighted by molar-refractivity contribution is 0.0512. The average Bonchev–Trinajstić information content (AvgIpc) is 3.00. The van der Waals surface area contributed by atoms with Gasteiger partial charge in [-0.05, 0) is 45.0 Å². The van der Waals surface area contributed by atoms with E-state index in [4.69, 9.17) is 23.7 Å². The third kappa shape index (κ3) is 6.32. The van der Waals surface area contributed by atoms with E-state index >= 15 is 0 Å². The Morgan fingerprint density at radius 3 is 2.19 bits per heavy atom. The van der Waals surface area contributed by atoms with Gasteiger partial charge in [-0.25, -0.2) is 0 Å². The van der Waals surface area contributed by atoms with Crippen molar-refractivity contribution in [2.75, 3.05) is 45.7 Å². The highest BCUT2D eigenvalue weighted by molar-refractivity contribution is 6.07. The molecule has 0 aliphatic heterocycles. The van der Waals surface area contributed by atoms with Gasteiger partial charge in [-0.2, -0.15) is 5.26 Å². The minimum atomic E-state index is -0.527. The molecular weight excluding hydrogens is 538 g/mol. The standard InChI is InChI=1S/C32H33N3O7/c1-6-34(22-11-21(18-33)12-25(13-22)39-5)32(37)29-19-35(23-14-26(40-7-2)16-27(15-23)41-8-3)30-17-24(42-20-38-4)9-10-28(30)31(29)36/h9-17,19H,6-8,20H2,1-5H3. The lowest BCUT2D eigenvalue weighted by Crippen LogP contribution is -2.35. The van der Waals surface area contributed by atoms with Gasteiger partial charge in [0.25, 0.3) is 5.91 Å². The molecule has 218 valence electrons. The van der Waals surface area contributed by atoms with Gasteiger partial charge in [-0.1, -0.05) is 0 Å². The SMILES string of the molecule is CCOc1cc(OCC)cc(-n2cc(C(=O)N(CC)c3cc(C#N)cc(OC)c3)c(=O)c3ccc(OCOC)cc32)c1. The molecule has 0 unspecified atom stereocenters. The Labute approximate surface area is 244 Å². The summed E-state index contributed by atoms with van der Waals surface area (Å²) in [6.45, 7) is 6.71. The smallest absolute Gasteiger partial charge is 0.263 e. The number of carbonyl (C=O) groups excluding carboxylic acids is 1. The fourth-order valence-corrected chi connectivity index (χ4v) is 4.59. The maximum Gasteiger partial charge on any atom is 0.263 e. The van der Waals surface area contributed by atoms with E-state index in [2.05, 4.69) is 6.07 Å². The van der Waals surface area contributed by atoms with Crippen LogP contribution in [0.1, 0.15) is 36.7 Å². The second-order valence-corrected chi connectivity index (χ2v) is 9.08. The monoisotopic (exact) mass is 571 g/mol. The topological polar surface area (TPSA) is 112 Å². The number of nitrogens with zero attached hydrogens (tertiary/aromatic N) is 3. The fraction of sp³-hybridized carbons (Fsp3) is 0.281. The van der Waals surface area contributed by atoms with Gasteiger partial charge in [0.15, 0.2) is 6.79 Å². The molecule has 0 aliphatic rings. The van der Waals surface area contributed by atoms with Crippen LogP contribution in [0.3, 0.4) is 0 Å². The van der Waals surface area contributed by atoms with Crippen LogP contribution in [0, 0.1) is 11.3 Å². The van der Waals surface area contributed by atoms with E-state index in [1.165, 1.54) is 25.3 Å². The molecule has 0 atom stereocenters. The first-order valence-electron chi connectivity index (χ1n) is 13.5. The van der Waals surface area contributed by atoms with Gasteiger partial charge in [0.1, 0.15) is 28.6 Å². The predicted molar refractivity (Wildman–Crippen MR) is 159 cm³/mol. The van der Waals surface area contributed by atoms with E-state index in [1.54, 1.807) is 54.0 Å². The van der Waals surface area contributed by atoms with Crippen molar-refractivity contribution in [2.45, 2.75) is 20.8 Å². The first-order valence-corrected chi connectivity index (χ1v) is 13.5. The third-order valence-electron chi connectivity index (χ3n) is 6.44. The molecule has 0 N–H and O–H groups in total. The fourth-order valence-electron chi connectivity index (χ4n) is 4.59. The number of ether oxygens (including phenoxy) is 5. The van der Waals surface area contributed by atoms with Crippen LogP contribution in [0.4, 0.5) is 5.69 Å². The van der Waals surface area contributed by atoms with Crippen molar-refractivity contribution in [2.24, 2.45) is 0 Å². The van der Waals surface area contributed by atoms with Crippen LogP contribution in [-0.4, -0.2) is 51.2 Å². The van der Waals surface area contributed by atoms with E-state index in [0.29, 0.717) is 64.1 Å². The molecule has 0 saturated carbocycles. The number of anilines is 1. The minimum absolute atomic E-state index is 0.0251. The van der Waals surface area contributed by atoms with Crippen LogP contribution in [0.5, 0.6) is 23.0 Å². The molecule has 1 amide bonds. The molecule has 0 fully saturated rings. The van der Waals surface area contributed by atoms with Gasteiger partial charge in [-0.15, -0.1) is 0 Å². The summed E-state index contributed by atoms with van der Waals surface area (Å²) in [6.07, 6.45) is 1.52. The van der Waals surface area contributed by atoms with E-state index in [9.17, 15) is 14.9 Å². The predicted octanol–water partition coefficient (Wildman–Crippen LogP) is 5.32. The molecule has 0 radical (unpaired) electrons. The summed E-state index contributed by atoms with van der Waals surface area (Å²) in [5.41, 5.74) is 1.38. The molecule has 10 heteroatoms. The van der Waals surface area contributed by atoms with Crippen LogP contribution in [0.25, 0.3) is 16.6 Å². The highest BCUT2D eigenvalue weighted by Gasteiger charge is 2.24. The molecule has 3 aromatic carbocycles. The molecule has 42 heavy (non-hydrogen) atoms. The van der Waals surface area contributed by atoms with Crippen molar-refractivity contribution >= 4 is 22.5 Å². The number of nitriles is 1. The molecule has 4 rings (SSSR count). The average molecular weight is 572 g/mol. The summed E-state index contributed by atoms with van der Waals surface area (Å²) >= 11 is 0. The highest BCUT2D eigenvalue weighted by atomic mass is 16.7. The van der Waals surface area contributed by atoms with E-state index < -0.39 is 11.3 Å². The zero-order chi connectivity index (χ0) is 30.2. The van der Waals surface area contributed by atoms with Crippen molar-refractivity contribution in [1.82, 2.24) is 4.57 Å². The van der Waals surface area contributed by atoms with Crippen molar-refractivity contribution < 1.29 is 28.5 Å². The molecule has 0 bridgehead atoms. The van der Waals surface area contributed by atoms with Crippen molar-refractivity contribution in [3.05, 3.63) is 82.1 Å². The maximum absolute atomic E-state index is 14.1. The third-order valence-corrected chi connectivity index (χ3v) is 6.44. The summed E-state index contributed by atoms with van der Waals surface area (Å²) in [5, 5.41) is 9.82. The number of amides is 1. The Hall–Kier alpha value is -5.01. The van der Waals surface area contributed by atoms with Gasteiger partial charge >= 0.3 is 0 Å². The Morgan fingerprint density at radius 2 is 1.60 bits per heavy atom. The Morgan fingerprint density at radius 1 is 0.881 bits per heavy atom. The molecule has 10 nitrogen and oxygen atoms in total. The van der Waals surface area contributed by atoms with Crippen molar-refractivity contribution in [3.63, 3.8) is 0 Å². The molecule has 1 aromatic heterocycles. The molecule has 0 saturated heterocycles. The molecule has 1 heterocycles. The number of benzene rings is 3. The second kappa shape index (κ2) is 13.6. The molecule has 0 aliphatic carbocycles. The van der Waals surface area contributed by atoms with Crippen LogP contribution >= 0.6 is 0 Å². The lowest BCUT2D eigenvalue weighted by Gasteiger charge is -2.23. The zero-order valence-corrected chi connectivity index (χ0v) is 24.3. The van der Waals surface area contributed by atoms with Crippen molar-refractivity contribution in [1.29, 1.82) is 5.26 Å². The first kappa shape index (κ1) is 30.0. The number of carbonyl (C=O) groups is 1. The molecular formula is C32H33N3O7. The van der Waals surface area contributed by atoms with Gasteiger partial charge < -0.3 is 33.2 Å². The number of hydrogen-bond acceptors (Lipinski definition) is 8. The van der Waals surface area contributed by atoms with Crippen LogP contribution in [0.15, 0.2) is 65.6 Å². The van der Waals surface area contributed by atoms with Gasteiger partial charge in [0.2, 0.25) is 5.43 Å². The highest BCUT2D eigenvalue weighted by Crippen LogP contribution is 2.30. The molecule has 0 spiro atoms. The number of aromatic nitrogens is 1. The van der Waals surface area contributed by atoms with Gasteiger partial charge in [0.05, 0.1) is 43.2 Å². The normalized spacial score (nSPS) is 10.7. The van der Waals surface area contributed by atoms with Gasteiger partial charge in [-0.3, -0.25) is 9.59 Å². The Balaban J connectivity index is 1.97. The first-order chi connectivity index (χ1) is 20.4. The largest absolute Gasteiger partial charge is 0.497 e. The number of pyridine rings is 1. The van der Waals surface area contributed by atoms with Crippen LogP contribution in [0.2, 0.25) is 0 Å². The number of hydrogen-bond donors (Lipinski definition) is 0. The van der Waals surface area contributed by atoms with Crippen LogP contribution in [-0.2, 0) is 4.74 Å². The summed E-state index contributed by atoms with van der Waals surface area (Å²) in [7, 11) is 3.00. The summed E-state index contributed by atoms with van der Waals surface area (Å²) < 4.78 is 29.4. The molecule has 4 aromatic rings. The van der Waals surface area contributed by atoms with Gasteiger partial charge in [0, 0.05) is 61.3 Å². The second-order valence-electron chi connectivity index (χ2n) is 9.08. The Bertz CT molecular complexity index is 1670. The van der Waals surface area contributed by atoms with E-state index in [1.807, 2.05) is 26.0 Å². The zero-order valence-electron chi connectivity index (χ0n) is 24.3. The van der Waals surface area contributed by atoms with E-state index in [-0.39, 0.29) is 18.9 Å². The maximum atomic E-state index is 14.1. The van der Waals surface area contributed by atoms with E-state index in [0.717, 1.165) is 0 Å². The van der Waals surface area contributed by atoms with Crippen LogP contribution < -0.4 is 29.3 Å². The van der Waals surface area contributed by atoms with Crippen molar-refractivity contribution in [3.8, 4) is 34.8 Å². The summed E-state index contributed by atoms with van der Waals surface area (Å²) in [5.74, 6) is 1.52. The number of fused-ring (bicyclic) bond motifs is 1. The minimum Gasteiger partial charge on any atom is -0.497 e. The quantitative estimate of drug-likeness (QED) is 0.210. The number of rotatable bonds is 12. The summed E-state index contributed by atoms with van der Waals surface area (Å²) in [6, 6.07) is 17.3.